The molecule has 3 nitrogen and oxygen atoms in total. The maximum atomic E-state index is 5.51. The van der Waals surface area contributed by atoms with Crippen LogP contribution in [-0.2, 0) is 6.42 Å². The minimum atomic E-state index is 0.648. The van der Waals surface area contributed by atoms with Gasteiger partial charge in [0.05, 0.1) is 7.11 Å². The first-order valence-electron chi connectivity index (χ1n) is 7.29. The molecule has 0 aliphatic rings. The zero-order valence-corrected chi connectivity index (χ0v) is 12.8. The summed E-state index contributed by atoms with van der Waals surface area (Å²) in [5.41, 5.74) is 4.21. The summed E-state index contributed by atoms with van der Waals surface area (Å²) in [5.74, 6) is 1.35. The third kappa shape index (κ3) is 2.98. The summed E-state index contributed by atoms with van der Waals surface area (Å²) < 4.78 is 5.51. The van der Waals surface area contributed by atoms with E-state index in [0.717, 1.165) is 23.2 Å². The standard InChI is InChI=1S/C19H18N2O/c1-14-17(13-15-9-5-3-6-10-15)19(22-2)21-18(20-14)16-11-7-4-8-12-16/h3-12H,13H2,1-2H3. The third-order valence-corrected chi connectivity index (χ3v) is 3.63. The molecule has 2 aromatic carbocycles. The van der Waals surface area contributed by atoms with Crippen LogP contribution in [0.5, 0.6) is 5.88 Å². The van der Waals surface area contributed by atoms with E-state index in [0.29, 0.717) is 11.7 Å². The lowest BCUT2D eigenvalue weighted by molar-refractivity contribution is 0.392. The molecular formula is C19H18N2O. The van der Waals surface area contributed by atoms with E-state index >= 15 is 0 Å². The fraction of sp³-hybridized carbons (Fsp3) is 0.158. The molecule has 3 rings (SSSR count). The number of rotatable bonds is 4. The van der Waals surface area contributed by atoms with Crippen LogP contribution in [0.25, 0.3) is 11.4 Å². The van der Waals surface area contributed by atoms with Crippen LogP contribution in [0.2, 0.25) is 0 Å². The maximum Gasteiger partial charge on any atom is 0.220 e. The van der Waals surface area contributed by atoms with Crippen molar-refractivity contribution in [3.63, 3.8) is 0 Å². The molecule has 0 aliphatic carbocycles. The fourth-order valence-electron chi connectivity index (χ4n) is 2.46. The van der Waals surface area contributed by atoms with Crippen LogP contribution in [0.1, 0.15) is 16.8 Å². The SMILES string of the molecule is COc1nc(-c2ccccc2)nc(C)c1Cc1ccccc1. The number of aryl methyl sites for hydroxylation is 1. The summed E-state index contributed by atoms with van der Waals surface area (Å²) in [6.07, 6.45) is 0.769. The molecule has 22 heavy (non-hydrogen) atoms. The molecule has 1 aromatic heterocycles. The number of methoxy groups -OCH3 is 1. The van der Waals surface area contributed by atoms with Gasteiger partial charge in [-0.3, -0.25) is 0 Å². The van der Waals surface area contributed by atoms with Crippen molar-refractivity contribution < 1.29 is 4.74 Å². The molecule has 0 saturated heterocycles. The second-order valence-electron chi connectivity index (χ2n) is 5.15. The largest absolute Gasteiger partial charge is 0.481 e. The zero-order chi connectivity index (χ0) is 15.4. The van der Waals surface area contributed by atoms with Gasteiger partial charge >= 0.3 is 0 Å². The van der Waals surface area contributed by atoms with E-state index in [9.17, 15) is 0 Å². The van der Waals surface area contributed by atoms with Gasteiger partial charge in [0.1, 0.15) is 0 Å². The summed E-state index contributed by atoms with van der Waals surface area (Å²) in [7, 11) is 1.66. The van der Waals surface area contributed by atoms with Crippen LogP contribution in [0.15, 0.2) is 60.7 Å². The van der Waals surface area contributed by atoms with E-state index in [4.69, 9.17) is 4.74 Å². The summed E-state index contributed by atoms with van der Waals surface area (Å²) >= 11 is 0. The van der Waals surface area contributed by atoms with Crippen LogP contribution >= 0.6 is 0 Å². The number of benzene rings is 2. The molecule has 0 spiro atoms. The topological polar surface area (TPSA) is 35.0 Å². The fourth-order valence-corrected chi connectivity index (χ4v) is 2.46. The van der Waals surface area contributed by atoms with Gasteiger partial charge < -0.3 is 4.74 Å². The molecule has 1 heterocycles. The first-order valence-corrected chi connectivity index (χ1v) is 7.29. The Morgan fingerprint density at radius 3 is 2.14 bits per heavy atom. The van der Waals surface area contributed by atoms with Crippen LogP contribution in [0, 0.1) is 6.92 Å². The van der Waals surface area contributed by atoms with Gasteiger partial charge in [-0.25, -0.2) is 4.98 Å². The summed E-state index contributed by atoms with van der Waals surface area (Å²) in [6, 6.07) is 20.3. The van der Waals surface area contributed by atoms with E-state index in [2.05, 4.69) is 22.1 Å². The Morgan fingerprint density at radius 2 is 1.50 bits per heavy atom. The zero-order valence-electron chi connectivity index (χ0n) is 12.8. The number of aromatic nitrogens is 2. The van der Waals surface area contributed by atoms with Gasteiger partial charge in [-0.1, -0.05) is 60.7 Å². The molecule has 110 valence electrons. The monoisotopic (exact) mass is 290 g/mol. The van der Waals surface area contributed by atoms with Crippen LogP contribution in [0.3, 0.4) is 0 Å². The van der Waals surface area contributed by atoms with Crippen molar-refractivity contribution in [2.45, 2.75) is 13.3 Å². The number of ether oxygens (including phenoxy) is 1. The highest BCUT2D eigenvalue weighted by molar-refractivity contribution is 5.56. The van der Waals surface area contributed by atoms with Crippen molar-refractivity contribution in [1.82, 2.24) is 9.97 Å². The maximum absolute atomic E-state index is 5.51. The number of hydrogen-bond donors (Lipinski definition) is 0. The summed E-state index contributed by atoms with van der Waals surface area (Å²) in [5, 5.41) is 0. The van der Waals surface area contributed by atoms with Crippen LogP contribution in [0.4, 0.5) is 0 Å². The molecule has 0 unspecified atom stereocenters. The van der Waals surface area contributed by atoms with Gasteiger partial charge in [-0.15, -0.1) is 0 Å². The quantitative estimate of drug-likeness (QED) is 0.727. The molecular weight excluding hydrogens is 272 g/mol. The number of hydrogen-bond acceptors (Lipinski definition) is 3. The normalized spacial score (nSPS) is 10.5. The molecule has 0 atom stereocenters. The predicted molar refractivity (Wildman–Crippen MR) is 88.0 cm³/mol. The van der Waals surface area contributed by atoms with Crippen molar-refractivity contribution in [2.75, 3.05) is 7.11 Å². The highest BCUT2D eigenvalue weighted by Gasteiger charge is 2.13. The Kier molecular flexibility index (Phi) is 4.15. The summed E-state index contributed by atoms with van der Waals surface area (Å²) in [6.45, 7) is 2.01. The smallest absolute Gasteiger partial charge is 0.220 e. The van der Waals surface area contributed by atoms with Gasteiger partial charge in [0, 0.05) is 23.2 Å². The molecule has 3 heteroatoms. The Morgan fingerprint density at radius 1 is 0.864 bits per heavy atom. The average molecular weight is 290 g/mol. The van der Waals surface area contributed by atoms with Crippen molar-refractivity contribution in [1.29, 1.82) is 0 Å². The van der Waals surface area contributed by atoms with E-state index in [-0.39, 0.29) is 0 Å². The van der Waals surface area contributed by atoms with E-state index in [1.165, 1.54) is 5.56 Å². The van der Waals surface area contributed by atoms with Crippen molar-refractivity contribution in [3.05, 3.63) is 77.5 Å². The van der Waals surface area contributed by atoms with Crippen LogP contribution < -0.4 is 4.74 Å². The van der Waals surface area contributed by atoms with Crippen molar-refractivity contribution in [2.24, 2.45) is 0 Å². The Labute approximate surface area is 130 Å². The van der Waals surface area contributed by atoms with Gasteiger partial charge in [-0.2, -0.15) is 4.98 Å². The Hall–Kier alpha value is -2.68. The Balaban J connectivity index is 2.01. The van der Waals surface area contributed by atoms with E-state index < -0.39 is 0 Å². The van der Waals surface area contributed by atoms with Gasteiger partial charge in [0.25, 0.3) is 0 Å². The minimum Gasteiger partial charge on any atom is -0.481 e. The molecule has 3 aromatic rings. The summed E-state index contributed by atoms with van der Waals surface area (Å²) in [4.78, 5) is 9.24. The molecule has 0 saturated carbocycles. The van der Waals surface area contributed by atoms with Gasteiger partial charge in [0.2, 0.25) is 5.88 Å². The second kappa shape index (κ2) is 6.39. The predicted octanol–water partition coefficient (Wildman–Crippen LogP) is 4.05. The first kappa shape index (κ1) is 14.3. The number of nitrogens with zero attached hydrogens (tertiary/aromatic N) is 2. The third-order valence-electron chi connectivity index (χ3n) is 3.63. The lowest BCUT2D eigenvalue weighted by Crippen LogP contribution is -2.04. The van der Waals surface area contributed by atoms with Gasteiger partial charge in [-0.05, 0) is 12.5 Å². The second-order valence-corrected chi connectivity index (χ2v) is 5.15. The molecule has 0 aliphatic heterocycles. The van der Waals surface area contributed by atoms with Crippen molar-refractivity contribution >= 4 is 0 Å². The van der Waals surface area contributed by atoms with Crippen molar-refractivity contribution in [3.8, 4) is 17.3 Å². The minimum absolute atomic E-state index is 0.648. The lowest BCUT2D eigenvalue weighted by atomic mass is 10.0. The molecule has 0 N–H and O–H groups in total. The Bertz CT molecular complexity index is 755. The highest BCUT2D eigenvalue weighted by Crippen LogP contribution is 2.25. The van der Waals surface area contributed by atoms with Gasteiger partial charge in [0.15, 0.2) is 5.82 Å². The average Bonchev–Trinajstić information content (AvgIpc) is 2.58. The van der Waals surface area contributed by atoms with E-state index in [1.54, 1.807) is 7.11 Å². The molecule has 0 bridgehead atoms. The lowest BCUT2D eigenvalue weighted by Gasteiger charge is -2.12. The first-order chi connectivity index (χ1) is 10.8. The molecule has 0 fully saturated rings. The molecule has 0 radical (unpaired) electrons. The molecule has 0 amide bonds. The van der Waals surface area contributed by atoms with Crippen LogP contribution in [-0.4, -0.2) is 17.1 Å². The van der Waals surface area contributed by atoms with E-state index in [1.807, 2.05) is 55.5 Å². The highest BCUT2D eigenvalue weighted by atomic mass is 16.5.